The molecule has 17 heavy (non-hydrogen) atoms. The van der Waals surface area contributed by atoms with E-state index in [1.165, 1.54) is 19.2 Å². The Morgan fingerprint density at radius 2 is 2.18 bits per heavy atom. The molecule has 0 N–H and O–H groups in total. The van der Waals surface area contributed by atoms with Gasteiger partial charge in [-0.25, -0.2) is 4.39 Å². The molecule has 0 amide bonds. The zero-order valence-electron chi connectivity index (χ0n) is 10.6. The fourth-order valence-corrected chi connectivity index (χ4v) is 1.94. The van der Waals surface area contributed by atoms with Gasteiger partial charge >= 0.3 is 5.97 Å². The van der Waals surface area contributed by atoms with Crippen molar-refractivity contribution in [2.24, 2.45) is 0 Å². The SMILES string of the molecule is CCCCC(C(=O)OC)c1cc(F)ccc1C. The average Bonchev–Trinajstić information content (AvgIpc) is 2.33. The molecule has 0 fully saturated rings. The van der Waals surface area contributed by atoms with Crippen LogP contribution in [0.2, 0.25) is 0 Å². The normalized spacial score (nSPS) is 12.2. The van der Waals surface area contributed by atoms with Gasteiger partial charge in [-0.1, -0.05) is 25.8 Å². The lowest BCUT2D eigenvalue weighted by atomic mass is 9.90. The van der Waals surface area contributed by atoms with Gasteiger partial charge in [-0.05, 0) is 36.6 Å². The summed E-state index contributed by atoms with van der Waals surface area (Å²) in [6, 6.07) is 4.55. The van der Waals surface area contributed by atoms with E-state index in [1.54, 1.807) is 6.07 Å². The van der Waals surface area contributed by atoms with Crippen molar-refractivity contribution in [3.05, 3.63) is 35.1 Å². The van der Waals surface area contributed by atoms with Crippen LogP contribution in [0.15, 0.2) is 18.2 Å². The van der Waals surface area contributed by atoms with Crippen LogP contribution in [0, 0.1) is 12.7 Å². The van der Waals surface area contributed by atoms with E-state index in [0.29, 0.717) is 6.42 Å². The minimum Gasteiger partial charge on any atom is -0.469 e. The van der Waals surface area contributed by atoms with Gasteiger partial charge in [0.05, 0.1) is 13.0 Å². The number of aryl methyl sites for hydroxylation is 1. The first kappa shape index (κ1) is 13.7. The first-order valence-corrected chi connectivity index (χ1v) is 5.94. The van der Waals surface area contributed by atoms with Gasteiger partial charge in [0.1, 0.15) is 5.82 Å². The molecule has 0 aromatic heterocycles. The van der Waals surface area contributed by atoms with Gasteiger partial charge in [0.2, 0.25) is 0 Å². The van der Waals surface area contributed by atoms with Crippen LogP contribution >= 0.6 is 0 Å². The molecule has 1 aromatic carbocycles. The van der Waals surface area contributed by atoms with Crippen molar-refractivity contribution in [1.82, 2.24) is 0 Å². The average molecular weight is 238 g/mol. The summed E-state index contributed by atoms with van der Waals surface area (Å²) in [6.07, 6.45) is 2.63. The van der Waals surface area contributed by atoms with Gasteiger partial charge in [0.15, 0.2) is 0 Å². The number of carbonyl (C=O) groups excluding carboxylic acids is 1. The van der Waals surface area contributed by atoms with Crippen molar-refractivity contribution in [2.75, 3.05) is 7.11 Å². The van der Waals surface area contributed by atoms with Crippen LogP contribution in [-0.2, 0) is 9.53 Å². The van der Waals surface area contributed by atoms with E-state index in [4.69, 9.17) is 4.74 Å². The van der Waals surface area contributed by atoms with Gasteiger partial charge in [0.25, 0.3) is 0 Å². The minimum atomic E-state index is -0.351. The summed E-state index contributed by atoms with van der Waals surface area (Å²) in [7, 11) is 1.37. The fraction of sp³-hybridized carbons (Fsp3) is 0.500. The highest BCUT2D eigenvalue weighted by molar-refractivity contribution is 5.78. The molecule has 0 spiro atoms. The maximum atomic E-state index is 13.2. The number of carbonyl (C=O) groups is 1. The second kappa shape index (κ2) is 6.38. The number of benzene rings is 1. The topological polar surface area (TPSA) is 26.3 Å². The van der Waals surface area contributed by atoms with Gasteiger partial charge in [-0.3, -0.25) is 4.79 Å². The molecule has 0 heterocycles. The standard InChI is InChI=1S/C14H19FO2/c1-4-5-6-12(14(16)17-3)13-9-11(15)8-7-10(13)2/h7-9,12H,4-6H2,1-3H3. The third kappa shape index (κ3) is 3.55. The molecule has 94 valence electrons. The highest BCUT2D eigenvalue weighted by atomic mass is 19.1. The van der Waals surface area contributed by atoms with Crippen molar-refractivity contribution in [3.63, 3.8) is 0 Å². The van der Waals surface area contributed by atoms with E-state index < -0.39 is 0 Å². The Labute approximate surface area is 102 Å². The van der Waals surface area contributed by atoms with Crippen LogP contribution < -0.4 is 0 Å². The first-order chi connectivity index (χ1) is 8.10. The summed E-state index contributed by atoms with van der Waals surface area (Å²) in [6.45, 7) is 3.95. The number of rotatable bonds is 5. The minimum absolute atomic E-state index is 0.285. The lowest BCUT2D eigenvalue weighted by molar-refractivity contribution is -0.142. The molecular formula is C14H19FO2. The van der Waals surface area contributed by atoms with E-state index in [9.17, 15) is 9.18 Å². The third-order valence-corrected chi connectivity index (χ3v) is 2.95. The fourth-order valence-electron chi connectivity index (χ4n) is 1.94. The van der Waals surface area contributed by atoms with Gasteiger partial charge in [0, 0.05) is 0 Å². The molecule has 3 heteroatoms. The van der Waals surface area contributed by atoms with Crippen LogP contribution in [0.3, 0.4) is 0 Å². The van der Waals surface area contributed by atoms with Crippen LogP contribution in [-0.4, -0.2) is 13.1 Å². The second-order valence-corrected chi connectivity index (χ2v) is 4.22. The number of hydrogen-bond donors (Lipinski definition) is 0. The highest BCUT2D eigenvalue weighted by Crippen LogP contribution is 2.27. The second-order valence-electron chi connectivity index (χ2n) is 4.22. The molecule has 1 atom stereocenters. The van der Waals surface area contributed by atoms with Gasteiger partial charge in [-0.2, -0.15) is 0 Å². The third-order valence-electron chi connectivity index (χ3n) is 2.95. The van der Waals surface area contributed by atoms with Crippen LogP contribution in [0.5, 0.6) is 0 Å². The van der Waals surface area contributed by atoms with E-state index in [2.05, 4.69) is 6.92 Å². The van der Waals surface area contributed by atoms with Crippen LogP contribution in [0.25, 0.3) is 0 Å². The summed E-state index contributed by atoms with van der Waals surface area (Å²) in [5, 5.41) is 0. The lowest BCUT2D eigenvalue weighted by Crippen LogP contribution is -2.15. The van der Waals surface area contributed by atoms with E-state index in [0.717, 1.165) is 24.0 Å². The molecule has 2 nitrogen and oxygen atoms in total. The highest BCUT2D eigenvalue weighted by Gasteiger charge is 2.22. The Kier molecular flexibility index (Phi) is 5.13. The number of ether oxygens (including phenoxy) is 1. The molecule has 0 bridgehead atoms. The molecule has 1 unspecified atom stereocenters. The molecule has 0 aliphatic rings. The monoisotopic (exact) mass is 238 g/mol. The van der Waals surface area contributed by atoms with Gasteiger partial charge < -0.3 is 4.74 Å². The Morgan fingerprint density at radius 3 is 2.76 bits per heavy atom. The van der Waals surface area contributed by atoms with Crippen LogP contribution in [0.4, 0.5) is 4.39 Å². The predicted octanol–water partition coefficient (Wildman–Crippen LogP) is 3.58. The molecule has 0 saturated carbocycles. The zero-order chi connectivity index (χ0) is 12.8. The molecule has 0 aliphatic heterocycles. The largest absolute Gasteiger partial charge is 0.469 e. The number of methoxy groups -OCH3 is 1. The lowest BCUT2D eigenvalue weighted by Gasteiger charge is -2.17. The van der Waals surface area contributed by atoms with E-state index >= 15 is 0 Å². The number of esters is 1. The quantitative estimate of drug-likeness (QED) is 0.733. The van der Waals surface area contributed by atoms with Crippen LogP contribution in [0.1, 0.15) is 43.2 Å². The molecule has 0 saturated heterocycles. The van der Waals surface area contributed by atoms with E-state index in [1.807, 2.05) is 6.92 Å². The van der Waals surface area contributed by atoms with Crippen molar-refractivity contribution < 1.29 is 13.9 Å². The maximum absolute atomic E-state index is 13.2. The zero-order valence-corrected chi connectivity index (χ0v) is 10.6. The smallest absolute Gasteiger partial charge is 0.313 e. The Bertz CT molecular complexity index is 388. The first-order valence-electron chi connectivity index (χ1n) is 5.94. The molecular weight excluding hydrogens is 219 g/mol. The Morgan fingerprint density at radius 1 is 1.47 bits per heavy atom. The van der Waals surface area contributed by atoms with Crippen molar-refractivity contribution >= 4 is 5.97 Å². The predicted molar refractivity (Wildman–Crippen MR) is 65.4 cm³/mol. The number of hydrogen-bond acceptors (Lipinski definition) is 2. The number of unbranched alkanes of at least 4 members (excludes halogenated alkanes) is 1. The molecule has 1 rings (SSSR count). The Balaban J connectivity index is 3.02. The Hall–Kier alpha value is -1.38. The maximum Gasteiger partial charge on any atom is 0.313 e. The van der Waals surface area contributed by atoms with Crippen molar-refractivity contribution in [3.8, 4) is 0 Å². The summed E-state index contributed by atoms with van der Waals surface area (Å²) >= 11 is 0. The molecule has 0 radical (unpaired) electrons. The summed E-state index contributed by atoms with van der Waals surface area (Å²) in [4.78, 5) is 11.7. The van der Waals surface area contributed by atoms with Crippen molar-refractivity contribution in [1.29, 1.82) is 0 Å². The molecule has 1 aromatic rings. The van der Waals surface area contributed by atoms with E-state index in [-0.39, 0.29) is 17.7 Å². The molecule has 0 aliphatic carbocycles. The summed E-state index contributed by atoms with van der Waals surface area (Å²) in [5.41, 5.74) is 1.67. The number of halogens is 1. The van der Waals surface area contributed by atoms with Crippen molar-refractivity contribution in [2.45, 2.75) is 39.0 Å². The summed E-state index contributed by atoms with van der Waals surface area (Å²) < 4.78 is 18.0. The van der Waals surface area contributed by atoms with Gasteiger partial charge in [-0.15, -0.1) is 0 Å². The summed E-state index contributed by atoms with van der Waals surface area (Å²) in [5.74, 6) is -0.946.